The minimum atomic E-state index is 0. The van der Waals surface area contributed by atoms with Crippen molar-refractivity contribution in [1.29, 1.82) is 0 Å². The standard InChI is InChI=1S/C19H32N6O.HI/c1-3-24-8-10-25(11-9-24)18-7-6-16(13-21-18)14-22-19(20-2)23-15-17-5-4-12-26-17;/h6-7,13,17H,3-5,8-12,14-15H2,1-2H3,(H2,20,22,23);1H. The van der Waals surface area contributed by atoms with Crippen LogP contribution in [0.25, 0.3) is 0 Å². The number of hydrogen-bond donors (Lipinski definition) is 2. The van der Waals surface area contributed by atoms with Gasteiger partial charge < -0.3 is 25.2 Å². The van der Waals surface area contributed by atoms with E-state index >= 15 is 0 Å². The summed E-state index contributed by atoms with van der Waals surface area (Å²) in [5.74, 6) is 1.88. The molecule has 3 heterocycles. The molecule has 1 aromatic heterocycles. The van der Waals surface area contributed by atoms with Gasteiger partial charge in [0.1, 0.15) is 5.82 Å². The van der Waals surface area contributed by atoms with Crippen molar-refractivity contribution in [2.75, 3.05) is 57.8 Å². The number of rotatable bonds is 6. The molecule has 2 aliphatic heterocycles. The molecule has 1 atom stereocenters. The molecule has 2 fully saturated rings. The van der Waals surface area contributed by atoms with Gasteiger partial charge >= 0.3 is 0 Å². The first-order valence-electron chi connectivity index (χ1n) is 9.77. The number of ether oxygens (including phenoxy) is 1. The predicted molar refractivity (Wildman–Crippen MR) is 121 cm³/mol. The van der Waals surface area contributed by atoms with Crippen LogP contribution >= 0.6 is 24.0 Å². The normalized spacial score (nSPS) is 21.0. The van der Waals surface area contributed by atoms with E-state index < -0.39 is 0 Å². The van der Waals surface area contributed by atoms with Gasteiger partial charge in [0, 0.05) is 59.1 Å². The van der Waals surface area contributed by atoms with Gasteiger partial charge in [-0.05, 0) is 31.0 Å². The van der Waals surface area contributed by atoms with Gasteiger partial charge in [0.05, 0.1) is 6.10 Å². The summed E-state index contributed by atoms with van der Waals surface area (Å²) in [7, 11) is 1.79. The van der Waals surface area contributed by atoms with E-state index in [1.165, 1.54) is 0 Å². The summed E-state index contributed by atoms with van der Waals surface area (Å²) in [6.45, 7) is 10.1. The molecule has 1 unspecified atom stereocenters. The number of aliphatic imine (C=N–C) groups is 1. The van der Waals surface area contributed by atoms with E-state index in [0.717, 1.165) is 76.1 Å². The SMILES string of the molecule is CCN1CCN(c2ccc(CNC(=NC)NCC3CCCO3)cn2)CC1.I. The first kappa shape index (κ1) is 22.2. The van der Waals surface area contributed by atoms with E-state index in [0.29, 0.717) is 12.6 Å². The van der Waals surface area contributed by atoms with Crippen LogP contribution in [0.5, 0.6) is 0 Å². The first-order valence-corrected chi connectivity index (χ1v) is 9.77. The molecule has 0 aromatic carbocycles. The fourth-order valence-electron chi connectivity index (χ4n) is 3.42. The molecule has 2 N–H and O–H groups in total. The van der Waals surface area contributed by atoms with Gasteiger partial charge in [0.2, 0.25) is 0 Å². The van der Waals surface area contributed by atoms with Crippen LogP contribution in [0.3, 0.4) is 0 Å². The van der Waals surface area contributed by atoms with E-state index in [9.17, 15) is 0 Å². The maximum atomic E-state index is 5.63. The zero-order valence-electron chi connectivity index (χ0n) is 16.5. The summed E-state index contributed by atoms with van der Waals surface area (Å²) in [6.07, 6.45) is 4.55. The van der Waals surface area contributed by atoms with Crippen molar-refractivity contribution < 1.29 is 4.74 Å². The molecule has 8 heteroatoms. The second-order valence-corrected chi connectivity index (χ2v) is 6.89. The molecular weight excluding hydrogens is 455 g/mol. The zero-order chi connectivity index (χ0) is 18.2. The van der Waals surface area contributed by atoms with Gasteiger partial charge in [0.15, 0.2) is 5.96 Å². The minimum absolute atomic E-state index is 0. The Hall–Kier alpha value is -1.13. The summed E-state index contributed by atoms with van der Waals surface area (Å²) in [6, 6.07) is 4.27. The second-order valence-electron chi connectivity index (χ2n) is 6.89. The zero-order valence-corrected chi connectivity index (χ0v) is 18.8. The lowest BCUT2D eigenvalue weighted by Gasteiger charge is -2.34. The third kappa shape index (κ3) is 6.76. The van der Waals surface area contributed by atoms with Crippen molar-refractivity contribution in [3.63, 3.8) is 0 Å². The van der Waals surface area contributed by atoms with Crippen molar-refractivity contribution in [3.05, 3.63) is 23.9 Å². The van der Waals surface area contributed by atoms with Crippen molar-refractivity contribution >= 4 is 35.8 Å². The van der Waals surface area contributed by atoms with Crippen LogP contribution in [0.1, 0.15) is 25.3 Å². The number of pyridine rings is 1. The molecule has 152 valence electrons. The number of aromatic nitrogens is 1. The third-order valence-corrected chi connectivity index (χ3v) is 5.16. The summed E-state index contributed by atoms with van der Waals surface area (Å²) in [4.78, 5) is 13.8. The topological polar surface area (TPSA) is 65.0 Å². The number of nitrogens with one attached hydrogen (secondary N) is 2. The molecule has 1 aromatic rings. The van der Waals surface area contributed by atoms with Gasteiger partial charge in [-0.1, -0.05) is 13.0 Å². The average Bonchev–Trinajstić information content (AvgIpc) is 3.22. The molecule has 0 radical (unpaired) electrons. The molecule has 2 saturated heterocycles. The fraction of sp³-hybridized carbons (Fsp3) is 0.684. The van der Waals surface area contributed by atoms with Crippen molar-refractivity contribution in [2.45, 2.75) is 32.4 Å². The van der Waals surface area contributed by atoms with Crippen LogP contribution in [0, 0.1) is 0 Å². The molecule has 0 spiro atoms. The lowest BCUT2D eigenvalue weighted by atomic mass is 10.2. The van der Waals surface area contributed by atoms with Crippen LogP contribution in [0.15, 0.2) is 23.3 Å². The Balaban J connectivity index is 0.00000261. The van der Waals surface area contributed by atoms with Crippen LogP contribution < -0.4 is 15.5 Å². The van der Waals surface area contributed by atoms with Crippen LogP contribution in [-0.2, 0) is 11.3 Å². The maximum absolute atomic E-state index is 5.63. The molecule has 27 heavy (non-hydrogen) atoms. The van der Waals surface area contributed by atoms with Gasteiger partial charge in [-0.15, -0.1) is 24.0 Å². The Morgan fingerprint density at radius 1 is 1.26 bits per heavy atom. The first-order chi connectivity index (χ1) is 12.8. The second kappa shape index (κ2) is 11.7. The van der Waals surface area contributed by atoms with Crippen molar-refractivity contribution in [2.24, 2.45) is 4.99 Å². The molecular formula is C19H33IN6O. The average molecular weight is 488 g/mol. The van der Waals surface area contributed by atoms with Crippen molar-refractivity contribution in [3.8, 4) is 0 Å². The summed E-state index contributed by atoms with van der Waals surface area (Å²) < 4.78 is 5.63. The summed E-state index contributed by atoms with van der Waals surface area (Å²) in [5, 5.41) is 6.68. The summed E-state index contributed by atoms with van der Waals surface area (Å²) in [5.41, 5.74) is 1.15. The predicted octanol–water partition coefficient (Wildman–Crippen LogP) is 1.69. The highest BCUT2D eigenvalue weighted by Crippen LogP contribution is 2.14. The van der Waals surface area contributed by atoms with Crippen molar-refractivity contribution in [1.82, 2.24) is 20.5 Å². The largest absolute Gasteiger partial charge is 0.376 e. The lowest BCUT2D eigenvalue weighted by molar-refractivity contribution is 0.114. The Labute approximate surface area is 180 Å². The van der Waals surface area contributed by atoms with Gasteiger partial charge in [-0.25, -0.2) is 4.98 Å². The third-order valence-electron chi connectivity index (χ3n) is 5.16. The van der Waals surface area contributed by atoms with Gasteiger partial charge in [-0.3, -0.25) is 4.99 Å². The Kier molecular flexibility index (Phi) is 9.57. The Morgan fingerprint density at radius 3 is 2.67 bits per heavy atom. The highest BCUT2D eigenvalue weighted by Gasteiger charge is 2.17. The van der Waals surface area contributed by atoms with Crippen LogP contribution in [0.2, 0.25) is 0 Å². The fourth-order valence-corrected chi connectivity index (χ4v) is 3.42. The molecule has 0 saturated carbocycles. The number of hydrogen-bond acceptors (Lipinski definition) is 5. The number of nitrogens with zero attached hydrogens (tertiary/aromatic N) is 4. The molecule has 3 rings (SSSR count). The molecule has 0 amide bonds. The van der Waals surface area contributed by atoms with Gasteiger partial charge in [0.25, 0.3) is 0 Å². The number of likely N-dealkylation sites (N-methyl/N-ethyl adjacent to an activating group) is 1. The number of halogens is 1. The highest BCUT2D eigenvalue weighted by atomic mass is 127. The van der Waals surface area contributed by atoms with E-state index in [-0.39, 0.29) is 24.0 Å². The molecule has 7 nitrogen and oxygen atoms in total. The van der Waals surface area contributed by atoms with E-state index in [4.69, 9.17) is 4.74 Å². The van der Waals surface area contributed by atoms with Crippen LogP contribution in [-0.4, -0.2) is 74.9 Å². The van der Waals surface area contributed by atoms with Crippen LogP contribution in [0.4, 0.5) is 5.82 Å². The van der Waals surface area contributed by atoms with Gasteiger partial charge in [-0.2, -0.15) is 0 Å². The Morgan fingerprint density at radius 2 is 2.07 bits per heavy atom. The monoisotopic (exact) mass is 488 g/mol. The minimum Gasteiger partial charge on any atom is -0.376 e. The lowest BCUT2D eigenvalue weighted by Crippen LogP contribution is -2.46. The maximum Gasteiger partial charge on any atom is 0.191 e. The molecule has 0 bridgehead atoms. The highest BCUT2D eigenvalue weighted by molar-refractivity contribution is 14.0. The smallest absolute Gasteiger partial charge is 0.191 e. The van der Waals surface area contributed by atoms with E-state index in [2.05, 4.69) is 49.5 Å². The molecule has 0 aliphatic carbocycles. The summed E-state index contributed by atoms with van der Waals surface area (Å²) >= 11 is 0. The number of anilines is 1. The van der Waals surface area contributed by atoms with E-state index in [1.54, 1.807) is 7.05 Å². The quantitative estimate of drug-likeness (QED) is 0.361. The van der Waals surface area contributed by atoms with E-state index in [1.807, 2.05) is 6.20 Å². The number of piperazine rings is 1. The molecule has 2 aliphatic rings. The number of guanidine groups is 1. The Bertz CT molecular complexity index is 568.